The number of aromatic nitrogens is 1. The molecule has 0 atom stereocenters. The van der Waals surface area contributed by atoms with Crippen LogP contribution >= 0.6 is 31.9 Å². The van der Waals surface area contributed by atoms with E-state index in [-0.39, 0.29) is 0 Å². The van der Waals surface area contributed by atoms with Crippen molar-refractivity contribution < 1.29 is 0 Å². The molecule has 1 aromatic rings. The minimum Gasteiger partial charge on any atom is -0.358 e. The minimum atomic E-state index is 0.886. The van der Waals surface area contributed by atoms with E-state index in [0.29, 0.717) is 0 Å². The molecule has 0 spiro atoms. The van der Waals surface area contributed by atoms with E-state index in [1.54, 1.807) is 0 Å². The van der Waals surface area contributed by atoms with Crippen molar-refractivity contribution in [3.63, 3.8) is 0 Å². The van der Waals surface area contributed by atoms with Crippen molar-refractivity contribution >= 4 is 37.7 Å². The molecule has 0 aliphatic heterocycles. The first kappa shape index (κ1) is 10.4. The Labute approximate surface area is 101 Å². The Bertz CT molecular complexity index is 337. The summed E-state index contributed by atoms with van der Waals surface area (Å²) >= 11 is 6.92. The number of hydrogen-bond acceptors (Lipinski definition) is 2. The topological polar surface area (TPSA) is 16.1 Å². The molecule has 0 bridgehead atoms. The average molecular weight is 320 g/mol. The summed E-state index contributed by atoms with van der Waals surface area (Å²) < 4.78 is 2.06. The summed E-state index contributed by atoms with van der Waals surface area (Å²) in [5.74, 6) is 1.91. The highest BCUT2D eigenvalue weighted by molar-refractivity contribution is 9.11. The molecule has 2 rings (SSSR count). The van der Waals surface area contributed by atoms with E-state index in [1.165, 1.54) is 12.8 Å². The zero-order valence-corrected chi connectivity index (χ0v) is 11.2. The summed E-state index contributed by atoms with van der Waals surface area (Å²) in [6.07, 6.45) is 4.58. The van der Waals surface area contributed by atoms with Crippen LogP contribution in [0.2, 0.25) is 0 Å². The molecule has 14 heavy (non-hydrogen) atoms. The maximum Gasteiger partial charge on any atom is 0.142 e. The normalized spacial score (nSPS) is 15.6. The Morgan fingerprint density at radius 2 is 2.21 bits per heavy atom. The van der Waals surface area contributed by atoms with Crippen molar-refractivity contribution in [2.24, 2.45) is 5.92 Å². The minimum absolute atomic E-state index is 0.886. The fourth-order valence-electron chi connectivity index (χ4n) is 1.46. The molecule has 0 radical (unpaired) electrons. The quantitative estimate of drug-likeness (QED) is 0.848. The molecule has 1 aromatic heterocycles. The summed E-state index contributed by atoms with van der Waals surface area (Å²) in [6, 6.07) is 2.03. The second kappa shape index (κ2) is 4.19. The third kappa shape index (κ3) is 2.48. The number of anilines is 1. The van der Waals surface area contributed by atoms with Crippen LogP contribution in [0.25, 0.3) is 0 Å². The van der Waals surface area contributed by atoms with E-state index >= 15 is 0 Å². The molecule has 0 amide bonds. The highest BCUT2D eigenvalue weighted by Gasteiger charge is 2.23. The Morgan fingerprint density at radius 1 is 1.50 bits per heavy atom. The van der Waals surface area contributed by atoms with Crippen molar-refractivity contribution in [1.29, 1.82) is 0 Å². The first-order chi connectivity index (χ1) is 6.66. The molecule has 0 unspecified atom stereocenters. The van der Waals surface area contributed by atoms with Gasteiger partial charge < -0.3 is 4.90 Å². The molecule has 2 nitrogen and oxygen atoms in total. The highest BCUT2D eigenvalue weighted by Crippen LogP contribution is 2.32. The Hall–Kier alpha value is -0.0900. The molecule has 0 N–H and O–H groups in total. The van der Waals surface area contributed by atoms with Gasteiger partial charge in [-0.25, -0.2) is 4.98 Å². The van der Waals surface area contributed by atoms with Crippen LogP contribution < -0.4 is 4.90 Å². The van der Waals surface area contributed by atoms with Crippen molar-refractivity contribution in [3.8, 4) is 0 Å². The van der Waals surface area contributed by atoms with Gasteiger partial charge in [0.25, 0.3) is 0 Å². The van der Waals surface area contributed by atoms with Crippen LogP contribution in [0, 0.1) is 5.92 Å². The van der Waals surface area contributed by atoms with Crippen LogP contribution in [0.15, 0.2) is 21.2 Å². The molecule has 1 heterocycles. The van der Waals surface area contributed by atoms with Gasteiger partial charge in [0.15, 0.2) is 0 Å². The number of rotatable bonds is 3. The van der Waals surface area contributed by atoms with Gasteiger partial charge in [-0.1, -0.05) is 0 Å². The van der Waals surface area contributed by atoms with Gasteiger partial charge in [0.05, 0.1) is 4.47 Å². The molecule has 1 aliphatic carbocycles. The van der Waals surface area contributed by atoms with Gasteiger partial charge in [-0.3, -0.25) is 0 Å². The second-order valence-corrected chi connectivity index (χ2v) is 5.55. The lowest BCUT2D eigenvalue weighted by atomic mass is 10.3. The zero-order chi connectivity index (χ0) is 10.1. The van der Waals surface area contributed by atoms with Gasteiger partial charge in [0.2, 0.25) is 0 Å². The summed E-state index contributed by atoms with van der Waals surface area (Å²) in [4.78, 5) is 6.61. The van der Waals surface area contributed by atoms with E-state index < -0.39 is 0 Å². The lowest BCUT2D eigenvalue weighted by Gasteiger charge is -2.19. The van der Waals surface area contributed by atoms with Gasteiger partial charge in [-0.05, 0) is 56.7 Å². The maximum absolute atomic E-state index is 4.39. The van der Waals surface area contributed by atoms with Crippen LogP contribution in [0.3, 0.4) is 0 Å². The monoisotopic (exact) mass is 318 g/mol. The standard InChI is InChI=1S/C10H12Br2N2/c1-14(6-7-2-3-7)10-9(12)4-8(11)5-13-10/h4-5,7H,2-3,6H2,1H3. The second-order valence-electron chi connectivity index (χ2n) is 3.78. The van der Waals surface area contributed by atoms with E-state index in [9.17, 15) is 0 Å². The van der Waals surface area contributed by atoms with E-state index in [0.717, 1.165) is 27.2 Å². The SMILES string of the molecule is CN(CC1CC1)c1ncc(Br)cc1Br. The molecular formula is C10H12Br2N2. The zero-order valence-electron chi connectivity index (χ0n) is 8.00. The fraction of sp³-hybridized carbons (Fsp3) is 0.500. The van der Waals surface area contributed by atoms with Crippen molar-refractivity contribution in [1.82, 2.24) is 4.98 Å². The lowest BCUT2D eigenvalue weighted by molar-refractivity contribution is 0.775. The number of hydrogen-bond donors (Lipinski definition) is 0. The summed E-state index contributed by atoms with van der Waals surface area (Å²) in [6.45, 7) is 1.12. The van der Waals surface area contributed by atoms with Gasteiger partial charge in [-0.2, -0.15) is 0 Å². The molecule has 0 aromatic carbocycles. The highest BCUT2D eigenvalue weighted by atomic mass is 79.9. The maximum atomic E-state index is 4.39. The molecule has 76 valence electrons. The Kier molecular flexibility index (Phi) is 3.12. The van der Waals surface area contributed by atoms with Gasteiger partial charge >= 0.3 is 0 Å². The van der Waals surface area contributed by atoms with E-state index in [4.69, 9.17) is 0 Å². The van der Waals surface area contributed by atoms with Crippen molar-refractivity contribution in [2.45, 2.75) is 12.8 Å². The average Bonchev–Trinajstić information content (AvgIpc) is 2.87. The smallest absolute Gasteiger partial charge is 0.142 e. The van der Waals surface area contributed by atoms with Crippen LogP contribution in [0.5, 0.6) is 0 Å². The third-order valence-corrected chi connectivity index (χ3v) is 3.40. The molecule has 1 saturated carbocycles. The van der Waals surface area contributed by atoms with Crippen molar-refractivity contribution in [3.05, 3.63) is 21.2 Å². The van der Waals surface area contributed by atoms with Crippen LogP contribution in [0.4, 0.5) is 5.82 Å². The first-order valence-corrected chi connectivity index (χ1v) is 6.27. The predicted molar refractivity (Wildman–Crippen MR) is 65.6 cm³/mol. The summed E-state index contributed by atoms with van der Waals surface area (Å²) in [5, 5.41) is 0. The van der Waals surface area contributed by atoms with Crippen LogP contribution in [-0.4, -0.2) is 18.6 Å². The Morgan fingerprint density at radius 3 is 2.79 bits per heavy atom. The Balaban J connectivity index is 2.13. The molecule has 0 saturated heterocycles. The lowest BCUT2D eigenvalue weighted by Crippen LogP contribution is -2.21. The summed E-state index contributed by atoms with van der Waals surface area (Å²) in [7, 11) is 2.10. The number of nitrogens with zero attached hydrogens (tertiary/aromatic N) is 2. The molecular weight excluding hydrogens is 308 g/mol. The molecule has 4 heteroatoms. The van der Waals surface area contributed by atoms with Gasteiger partial charge in [-0.15, -0.1) is 0 Å². The van der Waals surface area contributed by atoms with Crippen LogP contribution in [0.1, 0.15) is 12.8 Å². The largest absolute Gasteiger partial charge is 0.358 e. The van der Waals surface area contributed by atoms with E-state index in [1.807, 2.05) is 12.3 Å². The fourth-order valence-corrected chi connectivity index (χ4v) is 2.75. The van der Waals surface area contributed by atoms with E-state index in [2.05, 4.69) is 48.8 Å². The number of halogens is 2. The van der Waals surface area contributed by atoms with Gasteiger partial charge in [0, 0.05) is 24.3 Å². The van der Waals surface area contributed by atoms with Crippen molar-refractivity contribution in [2.75, 3.05) is 18.5 Å². The van der Waals surface area contributed by atoms with Gasteiger partial charge in [0.1, 0.15) is 5.82 Å². The number of pyridine rings is 1. The van der Waals surface area contributed by atoms with Crippen LogP contribution in [-0.2, 0) is 0 Å². The third-order valence-electron chi connectivity index (χ3n) is 2.38. The predicted octanol–water partition coefficient (Wildman–Crippen LogP) is 3.45. The molecule has 1 fully saturated rings. The molecule has 1 aliphatic rings. The first-order valence-electron chi connectivity index (χ1n) is 4.69. The summed E-state index contributed by atoms with van der Waals surface area (Å²) in [5.41, 5.74) is 0.